The SMILES string of the molecule is CC(=O)N1CCN(C(=O)COC(=O)C2CCN(c3ccc4nnc(C(F)(F)F)n4n3)CC2)CC1. The molecule has 0 radical (unpaired) electrons. The van der Waals surface area contributed by atoms with Crippen molar-refractivity contribution in [1.82, 2.24) is 29.6 Å². The summed E-state index contributed by atoms with van der Waals surface area (Å²) in [5, 5.41) is 10.7. The van der Waals surface area contributed by atoms with Crippen molar-refractivity contribution in [1.29, 1.82) is 0 Å². The molecule has 0 atom stereocenters. The van der Waals surface area contributed by atoms with Gasteiger partial charge in [-0.15, -0.1) is 15.3 Å². The summed E-state index contributed by atoms with van der Waals surface area (Å²) in [6.45, 7) is 3.60. The fraction of sp³-hybridized carbons (Fsp3) is 0.600. The Hall–Kier alpha value is -3.45. The van der Waals surface area contributed by atoms with Gasteiger partial charge in [0.2, 0.25) is 5.91 Å². The average molecular weight is 483 g/mol. The summed E-state index contributed by atoms with van der Waals surface area (Å²) >= 11 is 0. The number of alkyl halides is 3. The number of ether oxygens (including phenoxy) is 1. The second kappa shape index (κ2) is 9.43. The van der Waals surface area contributed by atoms with Crippen LogP contribution >= 0.6 is 0 Å². The number of piperazine rings is 1. The molecular formula is C20H24F3N7O4. The van der Waals surface area contributed by atoms with E-state index in [0.29, 0.717) is 62.4 Å². The highest BCUT2D eigenvalue weighted by atomic mass is 19.4. The molecule has 2 aromatic heterocycles. The fourth-order valence-corrected chi connectivity index (χ4v) is 4.08. The van der Waals surface area contributed by atoms with E-state index < -0.39 is 23.9 Å². The molecule has 0 unspecified atom stereocenters. The first kappa shape index (κ1) is 23.7. The van der Waals surface area contributed by atoms with Crippen LogP contribution in [0.5, 0.6) is 0 Å². The zero-order valence-corrected chi connectivity index (χ0v) is 18.5. The number of hydrogen-bond acceptors (Lipinski definition) is 8. The van der Waals surface area contributed by atoms with Gasteiger partial charge in [0.1, 0.15) is 5.82 Å². The quantitative estimate of drug-likeness (QED) is 0.581. The van der Waals surface area contributed by atoms with Gasteiger partial charge in [0, 0.05) is 46.2 Å². The van der Waals surface area contributed by atoms with Gasteiger partial charge >= 0.3 is 12.1 Å². The molecule has 2 fully saturated rings. The van der Waals surface area contributed by atoms with Crippen molar-refractivity contribution in [3.05, 3.63) is 18.0 Å². The maximum Gasteiger partial charge on any atom is 0.453 e. The van der Waals surface area contributed by atoms with Crippen LogP contribution in [0.1, 0.15) is 25.6 Å². The molecule has 4 heterocycles. The molecule has 0 bridgehead atoms. The number of esters is 1. The molecule has 0 saturated carbocycles. The molecule has 0 aromatic carbocycles. The summed E-state index contributed by atoms with van der Waals surface area (Å²) in [6.07, 6.45) is -3.85. The molecule has 0 spiro atoms. The predicted octanol–water partition coefficient (Wildman–Crippen LogP) is 0.593. The Morgan fingerprint density at radius 3 is 2.26 bits per heavy atom. The van der Waals surface area contributed by atoms with Crippen molar-refractivity contribution in [2.45, 2.75) is 25.9 Å². The lowest BCUT2D eigenvalue weighted by atomic mass is 9.97. The van der Waals surface area contributed by atoms with Gasteiger partial charge in [-0.05, 0) is 25.0 Å². The van der Waals surface area contributed by atoms with Crippen LogP contribution in [0.25, 0.3) is 5.65 Å². The lowest BCUT2D eigenvalue weighted by molar-refractivity contribution is -0.157. The summed E-state index contributed by atoms with van der Waals surface area (Å²) in [5.74, 6) is -2.11. The molecule has 184 valence electrons. The molecule has 0 N–H and O–H groups in total. The van der Waals surface area contributed by atoms with E-state index in [1.54, 1.807) is 20.8 Å². The molecule has 34 heavy (non-hydrogen) atoms. The van der Waals surface area contributed by atoms with Gasteiger partial charge in [-0.3, -0.25) is 14.4 Å². The maximum absolute atomic E-state index is 13.1. The molecule has 2 aromatic rings. The largest absolute Gasteiger partial charge is 0.455 e. The summed E-state index contributed by atoms with van der Waals surface area (Å²) < 4.78 is 45.2. The fourth-order valence-electron chi connectivity index (χ4n) is 4.08. The maximum atomic E-state index is 13.1. The van der Waals surface area contributed by atoms with Crippen molar-refractivity contribution in [3.63, 3.8) is 0 Å². The topological polar surface area (TPSA) is 113 Å². The van der Waals surface area contributed by atoms with Gasteiger partial charge in [0.25, 0.3) is 11.7 Å². The molecule has 2 aliphatic heterocycles. The highest BCUT2D eigenvalue weighted by molar-refractivity contribution is 5.82. The second-order valence-electron chi connectivity index (χ2n) is 8.24. The van der Waals surface area contributed by atoms with Crippen LogP contribution in [0.2, 0.25) is 0 Å². The second-order valence-corrected chi connectivity index (χ2v) is 8.24. The van der Waals surface area contributed by atoms with Crippen LogP contribution in [0.15, 0.2) is 12.1 Å². The monoisotopic (exact) mass is 483 g/mol. The summed E-state index contributed by atoms with van der Waals surface area (Å²) in [4.78, 5) is 41.1. The number of rotatable bonds is 4. The zero-order valence-electron chi connectivity index (χ0n) is 18.5. The molecular weight excluding hydrogens is 459 g/mol. The molecule has 4 rings (SSSR count). The van der Waals surface area contributed by atoms with E-state index in [-0.39, 0.29) is 24.1 Å². The highest BCUT2D eigenvalue weighted by Gasteiger charge is 2.38. The first-order chi connectivity index (χ1) is 16.1. The number of piperidine rings is 1. The lowest BCUT2D eigenvalue weighted by Crippen LogP contribution is -2.51. The summed E-state index contributed by atoms with van der Waals surface area (Å²) in [6, 6.07) is 2.97. The molecule has 2 saturated heterocycles. The molecule has 2 aliphatic rings. The van der Waals surface area contributed by atoms with Gasteiger partial charge in [-0.2, -0.15) is 17.7 Å². The van der Waals surface area contributed by atoms with E-state index >= 15 is 0 Å². The van der Waals surface area contributed by atoms with Gasteiger partial charge in [-0.1, -0.05) is 0 Å². The van der Waals surface area contributed by atoms with E-state index in [0.717, 1.165) is 0 Å². The highest BCUT2D eigenvalue weighted by Crippen LogP contribution is 2.28. The number of hydrogen-bond donors (Lipinski definition) is 0. The third-order valence-corrected chi connectivity index (χ3v) is 6.07. The third-order valence-electron chi connectivity index (χ3n) is 6.07. The molecule has 14 heteroatoms. The number of nitrogens with zero attached hydrogens (tertiary/aromatic N) is 7. The minimum absolute atomic E-state index is 0.0121. The van der Waals surface area contributed by atoms with Crippen LogP contribution < -0.4 is 4.90 Å². The predicted molar refractivity (Wildman–Crippen MR) is 111 cm³/mol. The Labute approximate surface area is 192 Å². The first-order valence-electron chi connectivity index (χ1n) is 10.9. The number of carbonyl (C=O) groups excluding carboxylic acids is 3. The number of carbonyl (C=O) groups is 3. The van der Waals surface area contributed by atoms with Crippen LogP contribution in [0, 0.1) is 5.92 Å². The van der Waals surface area contributed by atoms with Crippen LogP contribution in [-0.2, 0) is 25.3 Å². The van der Waals surface area contributed by atoms with Crippen LogP contribution in [0.3, 0.4) is 0 Å². The summed E-state index contributed by atoms with van der Waals surface area (Å²) in [7, 11) is 0. The van der Waals surface area contributed by atoms with E-state index in [1.165, 1.54) is 13.0 Å². The van der Waals surface area contributed by atoms with Gasteiger partial charge in [0.05, 0.1) is 5.92 Å². The Morgan fingerprint density at radius 2 is 1.65 bits per heavy atom. The van der Waals surface area contributed by atoms with Gasteiger partial charge < -0.3 is 19.4 Å². The standard InChI is InChI=1S/C20H24F3N7O4/c1-13(31)27-8-10-29(11-9-27)17(32)12-34-18(33)14-4-6-28(7-5-14)16-3-2-15-24-25-19(20(21,22)23)30(15)26-16/h2-3,14H,4-12H2,1H3. The summed E-state index contributed by atoms with van der Waals surface area (Å²) in [5.41, 5.74) is -0.0121. The van der Waals surface area contributed by atoms with Gasteiger partial charge in [0.15, 0.2) is 12.3 Å². The van der Waals surface area contributed by atoms with Crippen molar-refractivity contribution < 1.29 is 32.3 Å². The van der Waals surface area contributed by atoms with E-state index in [4.69, 9.17) is 4.74 Å². The zero-order chi connectivity index (χ0) is 24.5. The first-order valence-corrected chi connectivity index (χ1v) is 10.9. The van der Waals surface area contributed by atoms with E-state index in [2.05, 4.69) is 15.3 Å². The Kier molecular flexibility index (Phi) is 6.57. The Bertz CT molecular complexity index is 1070. The molecule has 0 aliphatic carbocycles. The van der Waals surface area contributed by atoms with E-state index in [1.807, 2.05) is 0 Å². The van der Waals surface area contributed by atoms with Gasteiger partial charge in [-0.25, -0.2) is 0 Å². The third kappa shape index (κ3) is 5.04. The number of aromatic nitrogens is 4. The van der Waals surface area contributed by atoms with Crippen molar-refractivity contribution in [2.24, 2.45) is 5.92 Å². The Balaban J connectivity index is 1.27. The number of anilines is 1. The van der Waals surface area contributed by atoms with Crippen LogP contribution in [0.4, 0.5) is 19.0 Å². The number of halogens is 3. The Morgan fingerprint density at radius 1 is 1.00 bits per heavy atom. The smallest absolute Gasteiger partial charge is 0.453 e. The molecule has 11 nitrogen and oxygen atoms in total. The van der Waals surface area contributed by atoms with E-state index in [9.17, 15) is 27.6 Å². The normalized spacial score (nSPS) is 17.8. The average Bonchev–Trinajstić information content (AvgIpc) is 3.26. The minimum atomic E-state index is -4.68. The number of amides is 2. The lowest BCUT2D eigenvalue weighted by Gasteiger charge is -2.34. The molecule has 2 amide bonds. The van der Waals surface area contributed by atoms with Crippen molar-refractivity contribution >= 4 is 29.2 Å². The van der Waals surface area contributed by atoms with Crippen molar-refractivity contribution in [3.8, 4) is 0 Å². The number of fused-ring (bicyclic) bond motifs is 1. The minimum Gasteiger partial charge on any atom is -0.455 e. The van der Waals surface area contributed by atoms with Crippen LogP contribution in [-0.4, -0.2) is 93.3 Å². The van der Waals surface area contributed by atoms with Crippen molar-refractivity contribution in [2.75, 3.05) is 50.8 Å².